The molecule has 0 spiro atoms. The van der Waals surface area contributed by atoms with Crippen LogP contribution in [0.3, 0.4) is 0 Å². The summed E-state index contributed by atoms with van der Waals surface area (Å²) in [5, 5.41) is 3.70. The molecule has 0 aliphatic heterocycles. The number of aromatic nitrogens is 1. The van der Waals surface area contributed by atoms with Gasteiger partial charge in [-0.05, 0) is 43.0 Å². The summed E-state index contributed by atoms with van der Waals surface area (Å²) in [6.07, 6.45) is 0. The van der Waals surface area contributed by atoms with E-state index in [9.17, 15) is 14.4 Å². The van der Waals surface area contributed by atoms with Crippen molar-refractivity contribution in [3.63, 3.8) is 0 Å². The smallest absolute Gasteiger partial charge is 0.341 e. The first-order valence-electron chi connectivity index (χ1n) is 11.6. The van der Waals surface area contributed by atoms with Gasteiger partial charge >= 0.3 is 5.97 Å². The molecule has 36 heavy (non-hydrogen) atoms. The van der Waals surface area contributed by atoms with Crippen LogP contribution in [0, 0.1) is 6.92 Å². The Morgan fingerprint density at radius 3 is 2.42 bits per heavy atom. The average molecular weight is 502 g/mol. The van der Waals surface area contributed by atoms with E-state index < -0.39 is 17.8 Å². The molecule has 4 aromatic rings. The van der Waals surface area contributed by atoms with E-state index >= 15 is 0 Å². The van der Waals surface area contributed by atoms with E-state index in [1.54, 1.807) is 19.9 Å². The number of para-hydroxylation sites is 1. The molecule has 0 fully saturated rings. The Kier molecular flexibility index (Phi) is 7.17. The molecule has 4 rings (SSSR count). The molecule has 0 bridgehead atoms. The second-order valence-electron chi connectivity index (χ2n) is 8.65. The van der Waals surface area contributed by atoms with Crippen LogP contribution in [0.4, 0.5) is 5.00 Å². The molecule has 0 unspecified atom stereocenters. The van der Waals surface area contributed by atoms with Crippen molar-refractivity contribution < 1.29 is 19.1 Å². The van der Waals surface area contributed by atoms with E-state index in [1.165, 1.54) is 5.56 Å². The van der Waals surface area contributed by atoms with Crippen LogP contribution >= 0.6 is 11.3 Å². The number of nitrogens with one attached hydrogen (secondary N) is 1. The van der Waals surface area contributed by atoms with Gasteiger partial charge in [0, 0.05) is 10.9 Å². The zero-order chi connectivity index (χ0) is 26.0. The van der Waals surface area contributed by atoms with Crippen LogP contribution in [-0.2, 0) is 4.74 Å². The van der Waals surface area contributed by atoms with Crippen molar-refractivity contribution in [3.8, 4) is 11.3 Å². The lowest BCUT2D eigenvalue weighted by Gasteiger charge is -2.12. The largest absolute Gasteiger partial charge is 0.462 e. The molecule has 2 heterocycles. The maximum absolute atomic E-state index is 13.6. The minimum atomic E-state index is -0.676. The third-order valence-electron chi connectivity index (χ3n) is 5.91. The van der Waals surface area contributed by atoms with E-state index in [4.69, 9.17) is 15.5 Å². The highest BCUT2D eigenvalue weighted by atomic mass is 32.1. The third-order valence-corrected chi connectivity index (χ3v) is 7.13. The number of nitrogens with zero attached hydrogens (tertiary/aromatic N) is 1. The molecule has 2 amide bonds. The number of rotatable bonds is 7. The highest BCUT2D eigenvalue weighted by Crippen LogP contribution is 2.35. The summed E-state index contributed by atoms with van der Waals surface area (Å²) >= 11 is 0.959. The normalized spacial score (nSPS) is 11.0. The lowest BCUT2D eigenvalue weighted by molar-refractivity contribution is 0.0527. The molecule has 0 atom stereocenters. The minimum Gasteiger partial charge on any atom is -0.462 e. The summed E-state index contributed by atoms with van der Waals surface area (Å²) in [6.45, 7) is 7.71. The first-order valence-corrected chi connectivity index (χ1v) is 12.4. The van der Waals surface area contributed by atoms with Crippen LogP contribution in [0.15, 0.2) is 54.6 Å². The molecule has 7 nitrogen and oxygen atoms in total. The number of fused-ring (bicyclic) bond motifs is 1. The molecule has 0 saturated heterocycles. The van der Waals surface area contributed by atoms with Crippen LogP contribution in [-0.4, -0.2) is 29.4 Å². The summed E-state index contributed by atoms with van der Waals surface area (Å²) in [5.41, 5.74) is 9.82. The van der Waals surface area contributed by atoms with Crippen molar-refractivity contribution >= 4 is 45.0 Å². The number of thiophene rings is 1. The molecule has 0 aliphatic rings. The number of anilines is 1. The van der Waals surface area contributed by atoms with Gasteiger partial charge in [-0.2, -0.15) is 0 Å². The SMILES string of the molecule is CCOC(=O)c1c(NC(=O)c2cc(-c3ccc(C(C)C)cc3)nc3ccccc23)sc(C(N)=O)c1C. The highest BCUT2D eigenvalue weighted by molar-refractivity contribution is 7.18. The summed E-state index contributed by atoms with van der Waals surface area (Å²) in [5.74, 6) is -1.33. The molecular weight excluding hydrogens is 474 g/mol. The molecule has 0 radical (unpaired) electrons. The second kappa shape index (κ2) is 10.3. The van der Waals surface area contributed by atoms with Gasteiger partial charge in [-0.15, -0.1) is 11.3 Å². The summed E-state index contributed by atoms with van der Waals surface area (Å²) in [7, 11) is 0. The highest BCUT2D eigenvalue weighted by Gasteiger charge is 2.26. The van der Waals surface area contributed by atoms with Crippen LogP contribution < -0.4 is 11.1 Å². The van der Waals surface area contributed by atoms with Crippen LogP contribution in [0.5, 0.6) is 0 Å². The molecule has 0 saturated carbocycles. The maximum atomic E-state index is 13.6. The monoisotopic (exact) mass is 501 g/mol. The zero-order valence-corrected chi connectivity index (χ0v) is 21.4. The van der Waals surface area contributed by atoms with Gasteiger partial charge in [0.2, 0.25) is 0 Å². The predicted molar refractivity (Wildman–Crippen MR) is 143 cm³/mol. The minimum absolute atomic E-state index is 0.131. The van der Waals surface area contributed by atoms with Crippen LogP contribution in [0.2, 0.25) is 0 Å². The number of ether oxygens (including phenoxy) is 1. The topological polar surface area (TPSA) is 111 Å². The van der Waals surface area contributed by atoms with E-state index in [1.807, 2.05) is 36.4 Å². The number of benzene rings is 2. The van der Waals surface area contributed by atoms with Crippen LogP contribution in [0.25, 0.3) is 22.2 Å². The Hall–Kier alpha value is -4.04. The molecule has 3 N–H and O–H groups in total. The van der Waals surface area contributed by atoms with E-state index in [0.29, 0.717) is 33.6 Å². The van der Waals surface area contributed by atoms with Gasteiger partial charge in [-0.3, -0.25) is 9.59 Å². The van der Waals surface area contributed by atoms with Gasteiger partial charge in [-0.1, -0.05) is 56.3 Å². The fraction of sp³-hybridized carbons (Fsp3) is 0.214. The fourth-order valence-corrected chi connectivity index (χ4v) is 5.05. The van der Waals surface area contributed by atoms with Gasteiger partial charge in [0.05, 0.1) is 33.8 Å². The third kappa shape index (κ3) is 4.85. The van der Waals surface area contributed by atoms with Gasteiger partial charge < -0.3 is 15.8 Å². The lowest BCUT2D eigenvalue weighted by Crippen LogP contribution is -2.16. The molecule has 2 aromatic carbocycles. The van der Waals surface area contributed by atoms with E-state index in [0.717, 1.165) is 16.9 Å². The summed E-state index contributed by atoms with van der Waals surface area (Å²) < 4.78 is 5.16. The first kappa shape index (κ1) is 25.1. The summed E-state index contributed by atoms with van der Waals surface area (Å²) in [4.78, 5) is 43.1. The quantitative estimate of drug-likeness (QED) is 0.305. The molecule has 184 valence electrons. The standard InChI is InChI=1S/C28H27N3O4S/c1-5-35-28(34)23-16(4)24(25(29)32)36-27(23)31-26(33)20-14-22(30-21-9-7-6-8-19(20)21)18-12-10-17(11-13-18)15(2)3/h6-15H,5H2,1-4H3,(H2,29,32)(H,31,33). The Morgan fingerprint density at radius 1 is 1.08 bits per heavy atom. The maximum Gasteiger partial charge on any atom is 0.341 e. The van der Waals surface area contributed by atoms with Crippen molar-refractivity contribution in [3.05, 3.63) is 81.7 Å². The van der Waals surface area contributed by atoms with Gasteiger partial charge in [0.25, 0.3) is 11.8 Å². The van der Waals surface area contributed by atoms with Gasteiger partial charge in [0.15, 0.2) is 0 Å². The average Bonchev–Trinajstić information content (AvgIpc) is 3.19. The molecule has 8 heteroatoms. The predicted octanol–water partition coefficient (Wildman–Crippen LogP) is 5.92. The van der Waals surface area contributed by atoms with Gasteiger partial charge in [-0.25, -0.2) is 9.78 Å². The van der Waals surface area contributed by atoms with Crippen molar-refractivity contribution in [2.75, 3.05) is 11.9 Å². The number of nitrogens with two attached hydrogens (primary N) is 1. The van der Waals surface area contributed by atoms with E-state index in [-0.39, 0.29) is 22.0 Å². The van der Waals surface area contributed by atoms with Crippen molar-refractivity contribution in [1.29, 1.82) is 0 Å². The number of carbonyl (C=O) groups excluding carboxylic acids is 3. The number of pyridine rings is 1. The summed E-state index contributed by atoms with van der Waals surface area (Å²) in [6, 6.07) is 17.2. The number of carbonyl (C=O) groups is 3. The number of hydrogen-bond acceptors (Lipinski definition) is 6. The Balaban J connectivity index is 1.79. The second-order valence-corrected chi connectivity index (χ2v) is 9.67. The van der Waals surface area contributed by atoms with Crippen molar-refractivity contribution in [1.82, 2.24) is 4.98 Å². The van der Waals surface area contributed by atoms with Crippen molar-refractivity contribution in [2.45, 2.75) is 33.6 Å². The molecule has 2 aromatic heterocycles. The van der Waals surface area contributed by atoms with Gasteiger partial charge in [0.1, 0.15) is 5.00 Å². The lowest BCUT2D eigenvalue weighted by atomic mass is 9.99. The number of hydrogen-bond donors (Lipinski definition) is 2. The number of primary amides is 1. The Labute approximate surface area is 213 Å². The molecular formula is C28H27N3O4S. The van der Waals surface area contributed by atoms with Crippen molar-refractivity contribution in [2.24, 2.45) is 5.73 Å². The first-order chi connectivity index (χ1) is 17.2. The fourth-order valence-electron chi connectivity index (χ4n) is 4.01. The zero-order valence-electron chi connectivity index (χ0n) is 20.5. The number of esters is 1. The van der Waals surface area contributed by atoms with E-state index in [2.05, 4.69) is 31.3 Å². The Morgan fingerprint density at radius 2 is 1.78 bits per heavy atom. The Bertz CT molecular complexity index is 1470. The number of amides is 2. The van der Waals surface area contributed by atoms with Crippen LogP contribution in [0.1, 0.15) is 68.2 Å². The molecule has 0 aliphatic carbocycles.